The number of rotatable bonds is 4. The number of hydrogen-bond acceptors (Lipinski definition) is 3. The number of benzene rings is 1. The monoisotopic (exact) mass is 489 g/mol. The van der Waals surface area contributed by atoms with Gasteiger partial charge in [-0.3, -0.25) is 14.6 Å². The molecule has 0 fully saturated rings. The zero-order valence-electron chi connectivity index (χ0n) is 14.4. The van der Waals surface area contributed by atoms with Gasteiger partial charge in [-0.1, -0.05) is 12.1 Å². The second kappa shape index (κ2) is 7.33. The Morgan fingerprint density at radius 1 is 1.33 bits per heavy atom. The smallest absolute Gasteiger partial charge is 0.317 e. The van der Waals surface area contributed by atoms with E-state index in [4.69, 9.17) is 0 Å². The molecule has 0 radical (unpaired) electrons. The number of nitrogens with zero attached hydrogens (tertiary/aromatic N) is 3. The topological polar surface area (TPSA) is 75.6 Å². The zero-order chi connectivity index (χ0) is 19.8. The molecule has 3 rings (SSSR count). The van der Waals surface area contributed by atoms with Crippen molar-refractivity contribution in [3.05, 3.63) is 62.2 Å². The van der Waals surface area contributed by atoms with Crippen LogP contribution in [-0.2, 0) is 12.7 Å². The number of H-pyrrole nitrogens is 1. The number of carbonyl (C=O) groups excluding carboxylic acids is 1. The summed E-state index contributed by atoms with van der Waals surface area (Å²) in [6.07, 6.45) is -2.86. The van der Waals surface area contributed by atoms with Crippen LogP contribution in [0, 0.1) is 17.4 Å². The molecule has 6 nitrogen and oxygen atoms in total. The Kier molecular flexibility index (Phi) is 5.27. The van der Waals surface area contributed by atoms with Crippen LogP contribution in [0.4, 0.5) is 18.9 Å². The van der Waals surface area contributed by atoms with Gasteiger partial charge in [0.25, 0.3) is 5.91 Å². The van der Waals surface area contributed by atoms with Gasteiger partial charge in [0.05, 0.1) is 39.0 Å². The summed E-state index contributed by atoms with van der Waals surface area (Å²) in [7, 11) is 0. The summed E-state index contributed by atoms with van der Waals surface area (Å²) < 4.78 is 40.9. The van der Waals surface area contributed by atoms with Crippen molar-refractivity contribution >= 4 is 34.2 Å². The summed E-state index contributed by atoms with van der Waals surface area (Å²) in [6.45, 7) is 3.64. The van der Waals surface area contributed by atoms with Crippen molar-refractivity contribution in [3.8, 4) is 0 Å². The van der Waals surface area contributed by atoms with E-state index in [1.807, 2.05) is 22.6 Å². The molecule has 2 aromatic heterocycles. The molecule has 0 aliphatic carbocycles. The molecule has 0 unspecified atom stereocenters. The lowest BCUT2D eigenvalue weighted by Gasteiger charge is -2.10. The van der Waals surface area contributed by atoms with Gasteiger partial charge in [0.15, 0.2) is 0 Å². The van der Waals surface area contributed by atoms with E-state index in [1.165, 1.54) is 12.3 Å². The number of hydrogen-bond donors (Lipinski definition) is 2. The maximum absolute atomic E-state index is 12.9. The van der Waals surface area contributed by atoms with Gasteiger partial charge in [-0.25, -0.2) is 0 Å². The van der Waals surface area contributed by atoms with Crippen molar-refractivity contribution in [1.82, 2.24) is 20.0 Å². The van der Waals surface area contributed by atoms with Crippen LogP contribution in [0.3, 0.4) is 0 Å². The average molecular weight is 489 g/mol. The first-order valence-corrected chi connectivity index (χ1v) is 8.95. The fourth-order valence-electron chi connectivity index (χ4n) is 2.66. The Hall–Kier alpha value is -2.37. The standard InChI is InChI=1S/C17H15F3IN5O/c1-9-14(23-16(27)15-13(21)7-22-24-15)10(2)26(25-9)8-11-4-3-5-12(6-11)17(18,19)20/h3-7H,8H2,1-2H3,(H,22,24)(H,23,27). The van der Waals surface area contributed by atoms with Crippen molar-refractivity contribution in [1.29, 1.82) is 0 Å². The van der Waals surface area contributed by atoms with Gasteiger partial charge in [0, 0.05) is 0 Å². The van der Waals surface area contributed by atoms with Crippen molar-refractivity contribution in [3.63, 3.8) is 0 Å². The third-order valence-electron chi connectivity index (χ3n) is 4.03. The molecule has 0 atom stereocenters. The molecule has 27 heavy (non-hydrogen) atoms. The Labute approximate surface area is 166 Å². The van der Waals surface area contributed by atoms with E-state index in [2.05, 4.69) is 20.6 Å². The second-order valence-corrected chi connectivity index (χ2v) is 7.11. The largest absolute Gasteiger partial charge is 0.416 e. The number of nitrogens with one attached hydrogen (secondary N) is 2. The normalized spacial score (nSPS) is 11.6. The van der Waals surface area contributed by atoms with Gasteiger partial charge in [-0.15, -0.1) is 0 Å². The molecule has 0 bridgehead atoms. The Balaban J connectivity index is 1.84. The third kappa shape index (κ3) is 4.15. The molecule has 1 amide bonds. The molecule has 0 aliphatic heterocycles. The number of halogens is 4. The highest BCUT2D eigenvalue weighted by molar-refractivity contribution is 14.1. The summed E-state index contributed by atoms with van der Waals surface area (Å²) >= 11 is 1.99. The molecule has 1 aromatic carbocycles. The van der Waals surface area contributed by atoms with E-state index in [0.717, 1.165) is 12.1 Å². The first-order valence-electron chi connectivity index (χ1n) is 7.87. The van der Waals surface area contributed by atoms with Crippen molar-refractivity contribution in [2.75, 3.05) is 5.32 Å². The van der Waals surface area contributed by atoms with Gasteiger partial charge in [-0.05, 0) is 54.1 Å². The lowest BCUT2D eigenvalue weighted by molar-refractivity contribution is -0.137. The summed E-state index contributed by atoms with van der Waals surface area (Å²) in [4.78, 5) is 12.4. The summed E-state index contributed by atoms with van der Waals surface area (Å²) in [5.74, 6) is -0.360. The van der Waals surface area contributed by atoms with E-state index in [1.54, 1.807) is 24.6 Å². The highest BCUT2D eigenvalue weighted by atomic mass is 127. The molecule has 0 aliphatic rings. The summed E-state index contributed by atoms with van der Waals surface area (Å²) in [6, 6.07) is 5.10. The van der Waals surface area contributed by atoms with E-state index < -0.39 is 11.7 Å². The zero-order valence-corrected chi connectivity index (χ0v) is 16.5. The van der Waals surface area contributed by atoms with Crippen molar-refractivity contribution in [2.24, 2.45) is 0 Å². The van der Waals surface area contributed by atoms with Gasteiger partial charge < -0.3 is 5.32 Å². The second-order valence-electron chi connectivity index (χ2n) is 5.95. The predicted octanol–water partition coefficient (Wildman–Crippen LogP) is 4.15. The van der Waals surface area contributed by atoms with Gasteiger partial charge in [0.1, 0.15) is 5.69 Å². The van der Waals surface area contributed by atoms with Gasteiger partial charge in [0.2, 0.25) is 0 Å². The van der Waals surface area contributed by atoms with Crippen molar-refractivity contribution < 1.29 is 18.0 Å². The van der Waals surface area contributed by atoms with E-state index in [0.29, 0.717) is 31.9 Å². The minimum Gasteiger partial charge on any atom is -0.317 e. The average Bonchev–Trinajstić information content (AvgIpc) is 3.13. The van der Waals surface area contributed by atoms with E-state index >= 15 is 0 Å². The van der Waals surface area contributed by atoms with Crippen LogP contribution in [0.5, 0.6) is 0 Å². The number of aromatic nitrogens is 4. The van der Waals surface area contributed by atoms with Crippen LogP contribution >= 0.6 is 22.6 Å². The summed E-state index contributed by atoms with van der Waals surface area (Å²) in [5, 5.41) is 13.6. The van der Waals surface area contributed by atoms with Crippen LogP contribution in [-0.4, -0.2) is 25.9 Å². The first kappa shape index (κ1) is 19.4. The van der Waals surface area contributed by atoms with Crippen LogP contribution in [0.1, 0.15) is 33.0 Å². The number of amides is 1. The lowest BCUT2D eigenvalue weighted by Crippen LogP contribution is -2.15. The SMILES string of the molecule is Cc1nn(Cc2cccc(C(F)(F)F)c2)c(C)c1NC(=O)c1[nH]ncc1I. The first-order chi connectivity index (χ1) is 12.7. The van der Waals surface area contributed by atoms with Crippen LogP contribution < -0.4 is 5.32 Å². The van der Waals surface area contributed by atoms with E-state index in [-0.39, 0.29) is 12.5 Å². The highest BCUT2D eigenvalue weighted by Crippen LogP contribution is 2.30. The molecule has 0 saturated heterocycles. The number of aryl methyl sites for hydroxylation is 1. The number of carbonyl (C=O) groups is 1. The lowest BCUT2D eigenvalue weighted by atomic mass is 10.1. The molecule has 10 heteroatoms. The third-order valence-corrected chi connectivity index (χ3v) is 4.84. The minimum absolute atomic E-state index is 0.161. The van der Waals surface area contributed by atoms with Gasteiger partial charge in [-0.2, -0.15) is 23.4 Å². The highest BCUT2D eigenvalue weighted by Gasteiger charge is 2.30. The number of aromatic amines is 1. The molecular formula is C17H15F3IN5O. The maximum Gasteiger partial charge on any atom is 0.416 e. The fraction of sp³-hybridized carbons (Fsp3) is 0.235. The molecule has 142 valence electrons. The minimum atomic E-state index is -4.40. The molecule has 2 heterocycles. The number of alkyl halides is 3. The molecule has 3 aromatic rings. The van der Waals surface area contributed by atoms with Crippen molar-refractivity contribution in [2.45, 2.75) is 26.6 Å². The molecule has 0 saturated carbocycles. The number of anilines is 1. The Bertz CT molecular complexity index is 993. The van der Waals surface area contributed by atoms with Crippen LogP contribution in [0.15, 0.2) is 30.5 Å². The predicted molar refractivity (Wildman–Crippen MR) is 102 cm³/mol. The summed E-state index contributed by atoms with van der Waals surface area (Å²) in [5.41, 5.74) is 1.84. The molecule has 2 N–H and O–H groups in total. The Morgan fingerprint density at radius 2 is 2.07 bits per heavy atom. The Morgan fingerprint density at radius 3 is 2.70 bits per heavy atom. The molecular weight excluding hydrogens is 474 g/mol. The quantitative estimate of drug-likeness (QED) is 0.541. The maximum atomic E-state index is 12.9. The van der Waals surface area contributed by atoms with Crippen LogP contribution in [0.2, 0.25) is 0 Å². The molecule has 0 spiro atoms. The van der Waals surface area contributed by atoms with Crippen LogP contribution in [0.25, 0.3) is 0 Å². The van der Waals surface area contributed by atoms with Gasteiger partial charge >= 0.3 is 6.18 Å². The fourth-order valence-corrected chi connectivity index (χ4v) is 3.16. The van der Waals surface area contributed by atoms with E-state index in [9.17, 15) is 18.0 Å².